The summed E-state index contributed by atoms with van der Waals surface area (Å²) in [6.45, 7) is 18.9. The van der Waals surface area contributed by atoms with Crippen LogP contribution in [0.4, 0.5) is 0 Å². The van der Waals surface area contributed by atoms with E-state index in [0.717, 1.165) is 79.9 Å². The zero-order valence-corrected chi connectivity index (χ0v) is 34.5. The van der Waals surface area contributed by atoms with Gasteiger partial charge in [-0.1, -0.05) is 45.0 Å². The van der Waals surface area contributed by atoms with Gasteiger partial charge >= 0.3 is 23.9 Å². The smallest absolute Gasteiger partial charge is 0.333 e. The van der Waals surface area contributed by atoms with Crippen LogP contribution in [0.3, 0.4) is 0 Å². The van der Waals surface area contributed by atoms with Crippen LogP contribution in [0.2, 0.25) is 0 Å². The number of esters is 4. The van der Waals surface area contributed by atoms with Gasteiger partial charge in [-0.05, 0) is 167 Å². The van der Waals surface area contributed by atoms with Gasteiger partial charge in [-0.2, -0.15) is 0 Å². The molecule has 0 aliphatic heterocycles. The van der Waals surface area contributed by atoms with Crippen molar-refractivity contribution in [2.75, 3.05) is 26.8 Å². The van der Waals surface area contributed by atoms with Gasteiger partial charge in [-0.25, -0.2) is 19.2 Å². The highest BCUT2D eigenvalue weighted by Crippen LogP contribution is 2.44. The van der Waals surface area contributed by atoms with E-state index in [2.05, 4.69) is 32.9 Å². The summed E-state index contributed by atoms with van der Waals surface area (Å²) in [6.07, 6.45) is 23.8. The standard InChI is InChI=1S/C28H36O5.C20H30O5.H2/c1-4-27(29)31-18-21-6-8-24(9-7-21)25-12-10-22(11-13-25)20(3)23-14-16-26(17-15-23)32-19-33-28(30)5-2;1-3-19(21)23-13-15-5-7-16(8-6-15)17-9-11-18(12-10-17)24-14-25-20(22)4-2;/h4-5,14-17,21-22,24-25H,1-3,6-13,18-19H2;3-4,15-18H,1-2,5-14H2;1H. The number of hydrogen-bond donors (Lipinski definition) is 0. The topological polar surface area (TPSA) is 124 Å². The molecule has 0 aromatic heterocycles. The first-order valence-corrected chi connectivity index (χ1v) is 21.3. The molecule has 5 rings (SSSR count). The van der Waals surface area contributed by atoms with Gasteiger partial charge in [-0.15, -0.1) is 0 Å². The van der Waals surface area contributed by atoms with Crippen LogP contribution in [-0.2, 0) is 42.9 Å². The maximum atomic E-state index is 11.3. The van der Waals surface area contributed by atoms with Crippen molar-refractivity contribution in [1.82, 2.24) is 0 Å². The van der Waals surface area contributed by atoms with Gasteiger partial charge in [-0.3, -0.25) is 0 Å². The Bertz CT molecular complexity index is 1510. The molecule has 10 heteroatoms. The van der Waals surface area contributed by atoms with Crippen LogP contribution in [0.25, 0.3) is 5.57 Å². The minimum atomic E-state index is -0.502. The summed E-state index contributed by atoms with van der Waals surface area (Å²) in [4.78, 5) is 44.5. The third-order valence-corrected chi connectivity index (χ3v) is 12.8. The molecule has 4 aliphatic rings. The molecule has 0 bridgehead atoms. The van der Waals surface area contributed by atoms with Crippen LogP contribution >= 0.6 is 0 Å². The summed E-state index contributed by atoms with van der Waals surface area (Å²) >= 11 is 0. The van der Waals surface area contributed by atoms with E-state index < -0.39 is 11.9 Å². The van der Waals surface area contributed by atoms with Crippen molar-refractivity contribution in [1.29, 1.82) is 0 Å². The Hall–Kier alpha value is -4.44. The molecule has 0 atom stereocenters. The van der Waals surface area contributed by atoms with E-state index in [1.807, 2.05) is 24.3 Å². The predicted molar refractivity (Wildman–Crippen MR) is 226 cm³/mol. The minimum Gasteiger partial charge on any atom is -0.462 e. The Morgan fingerprint density at radius 3 is 1.33 bits per heavy atom. The Labute approximate surface area is 347 Å². The monoisotopic (exact) mass is 804 g/mol. The fraction of sp³-hybridized carbons (Fsp3) is 0.583. The van der Waals surface area contributed by atoms with Crippen molar-refractivity contribution in [3.05, 3.63) is 87.0 Å². The van der Waals surface area contributed by atoms with E-state index in [1.165, 1.54) is 81.9 Å². The van der Waals surface area contributed by atoms with Crippen molar-refractivity contribution in [2.24, 2.45) is 41.4 Å². The summed E-state index contributed by atoms with van der Waals surface area (Å²) in [5.74, 6) is 3.77. The van der Waals surface area contributed by atoms with Crippen LogP contribution < -0.4 is 4.74 Å². The second-order valence-corrected chi connectivity index (χ2v) is 16.3. The first-order chi connectivity index (χ1) is 28.1. The summed E-state index contributed by atoms with van der Waals surface area (Å²) in [7, 11) is 0. The lowest BCUT2D eigenvalue weighted by Crippen LogP contribution is -2.30. The first-order valence-electron chi connectivity index (χ1n) is 21.3. The number of benzene rings is 1. The van der Waals surface area contributed by atoms with E-state index in [4.69, 9.17) is 28.4 Å². The van der Waals surface area contributed by atoms with Crippen LogP contribution in [0.15, 0.2) is 81.5 Å². The average molecular weight is 805 g/mol. The predicted octanol–water partition coefficient (Wildman–Crippen LogP) is 10.1. The van der Waals surface area contributed by atoms with Gasteiger partial charge in [0.1, 0.15) is 5.75 Å². The lowest BCUT2D eigenvalue weighted by Gasteiger charge is -2.38. The highest BCUT2D eigenvalue weighted by molar-refractivity contribution is 5.82. The lowest BCUT2D eigenvalue weighted by molar-refractivity contribution is -0.157. The average Bonchev–Trinajstić information content (AvgIpc) is 3.28. The van der Waals surface area contributed by atoms with Crippen LogP contribution in [-0.4, -0.2) is 56.8 Å². The number of hydrogen-bond acceptors (Lipinski definition) is 10. The Morgan fingerprint density at radius 2 is 0.897 bits per heavy atom. The van der Waals surface area contributed by atoms with Crippen molar-refractivity contribution in [3.63, 3.8) is 0 Å². The number of ether oxygens (including phenoxy) is 6. The third-order valence-electron chi connectivity index (χ3n) is 12.8. The molecule has 0 heterocycles. The summed E-state index contributed by atoms with van der Waals surface area (Å²) in [5, 5.41) is 0. The molecule has 0 unspecified atom stereocenters. The number of carbonyl (C=O) groups excluding carboxylic acids is 4. The zero-order chi connectivity index (χ0) is 41.7. The van der Waals surface area contributed by atoms with Gasteiger partial charge in [0.15, 0.2) is 6.79 Å². The number of carbonyl (C=O) groups is 4. The van der Waals surface area contributed by atoms with Crippen LogP contribution in [0.1, 0.15) is 110 Å². The normalized spacial score (nSPS) is 26.8. The molecule has 0 spiro atoms. The molecule has 58 heavy (non-hydrogen) atoms. The van der Waals surface area contributed by atoms with Crippen LogP contribution in [0.5, 0.6) is 5.75 Å². The van der Waals surface area contributed by atoms with Gasteiger partial charge < -0.3 is 28.4 Å². The van der Waals surface area contributed by atoms with Crippen molar-refractivity contribution in [2.45, 2.75) is 109 Å². The molecule has 0 radical (unpaired) electrons. The van der Waals surface area contributed by atoms with Gasteiger partial charge in [0.25, 0.3) is 0 Å². The molecule has 0 amide bonds. The van der Waals surface area contributed by atoms with E-state index in [-0.39, 0.29) is 33.1 Å². The largest absolute Gasteiger partial charge is 0.462 e. The molecular weight excluding hydrogens is 737 g/mol. The number of rotatable bonds is 18. The van der Waals surface area contributed by atoms with Gasteiger partial charge in [0.2, 0.25) is 6.79 Å². The lowest BCUT2D eigenvalue weighted by atomic mass is 9.68. The highest BCUT2D eigenvalue weighted by atomic mass is 16.7. The first kappa shape index (κ1) is 46.3. The zero-order valence-electron chi connectivity index (χ0n) is 34.5. The Kier molecular flexibility index (Phi) is 20.0. The molecule has 4 aliphatic carbocycles. The number of allylic oxidation sites excluding steroid dienone is 1. The van der Waals surface area contributed by atoms with E-state index >= 15 is 0 Å². The minimum absolute atomic E-state index is 0. The Balaban J connectivity index is 0.000000322. The summed E-state index contributed by atoms with van der Waals surface area (Å²) in [6, 6.07) is 7.83. The molecule has 0 N–H and O–H groups in total. The Morgan fingerprint density at radius 1 is 0.517 bits per heavy atom. The van der Waals surface area contributed by atoms with Crippen molar-refractivity contribution >= 4 is 29.5 Å². The molecule has 10 nitrogen and oxygen atoms in total. The van der Waals surface area contributed by atoms with E-state index in [0.29, 0.717) is 36.7 Å². The van der Waals surface area contributed by atoms with Crippen molar-refractivity contribution < 1.29 is 49.0 Å². The van der Waals surface area contributed by atoms with Gasteiger partial charge in [0, 0.05) is 25.7 Å². The second kappa shape index (κ2) is 25.1. The summed E-state index contributed by atoms with van der Waals surface area (Å²) in [5.41, 5.74) is 2.34. The maximum absolute atomic E-state index is 11.3. The molecule has 320 valence electrons. The fourth-order valence-corrected chi connectivity index (χ4v) is 9.30. The molecular formula is C48H68O10. The fourth-order valence-electron chi connectivity index (χ4n) is 9.30. The second-order valence-electron chi connectivity index (χ2n) is 16.3. The molecule has 1 aromatic rings. The maximum Gasteiger partial charge on any atom is 0.333 e. The van der Waals surface area contributed by atoms with E-state index in [1.54, 1.807) is 0 Å². The van der Waals surface area contributed by atoms with E-state index in [9.17, 15) is 19.2 Å². The highest BCUT2D eigenvalue weighted by Gasteiger charge is 2.33. The SMILES string of the molecule is C=CC(=O)OCOC1CCC(C2CCC(COC(=O)C=C)CC2)CC1.C=CC(=O)OCOc1ccc(C(=C)C2CCC(C3CCC(COC(=O)C=C)CC3)CC2)cc1.[HH]. The molecule has 0 saturated heterocycles. The summed E-state index contributed by atoms with van der Waals surface area (Å²) < 4.78 is 31.2. The van der Waals surface area contributed by atoms with Gasteiger partial charge in [0.05, 0.1) is 19.3 Å². The van der Waals surface area contributed by atoms with Crippen LogP contribution in [0, 0.1) is 41.4 Å². The molecule has 1 aromatic carbocycles. The van der Waals surface area contributed by atoms with Crippen molar-refractivity contribution in [3.8, 4) is 5.75 Å². The molecule has 4 fully saturated rings. The molecule has 4 saturated carbocycles. The quantitative estimate of drug-likeness (QED) is 0.0613. The third kappa shape index (κ3) is 15.7.